The van der Waals surface area contributed by atoms with Crippen molar-refractivity contribution in [2.45, 2.75) is 25.2 Å². The van der Waals surface area contributed by atoms with E-state index in [1.54, 1.807) is 19.9 Å². The Labute approximate surface area is 134 Å². The summed E-state index contributed by atoms with van der Waals surface area (Å²) in [5.41, 5.74) is -0.396. The lowest BCUT2D eigenvalue weighted by atomic mass is 9.77. The Morgan fingerprint density at radius 3 is 2.45 bits per heavy atom. The first-order valence-electron chi connectivity index (χ1n) is 6.40. The molecule has 0 fully saturated rings. The first kappa shape index (κ1) is 18.3. The molecule has 5 nitrogen and oxygen atoms in total. The summed E-state index contributed by atoms with van der Waals surface area (Å²) in [4.78, 5) is 23.0. The van der Waals surface area contributed by atoms with Crippen molar-refractivity contribution in [1.29, 1.82) is 5.26 Å². The van der Waals surface area contributed by atoms with Gasteiger partial charge in [0.1, 0.15) is 6.29 Å². The molecule has 0 saturated carbocycles. The van der Waals surface area contributed by atoms with Crippen molar-refractivity contribution >= 4 is 33.5 Å². The molecule has 0 saturated heterocycles. The van der Waals surface area contributed by atoms with Gasteiger partial charge in [0.15, 0.2) is 21.5 Å². The van der Waals surface area contributed by atoms with Crippen LogP contribution in [-0.2, 0) is 25.8 Å². The van der Waals surface area contributed by atoms with E-state index >= 15 is 0 Å². The van der Waals surface area contributed by atoms with E-state index in [4.69, 9.17) is 16.9 Å². The Balaban J connectivity index is 3.12. The molecule has 1 aromatic carbocycles. The van der Waals surface area contributed by atoms with E-state index in [9.17, 15) is 18.0 Å². The van der Waals surface area contributed by atoms with E-state index < -0.39 is 27.0 Å². The first-order chi connectivity index (χ1) is 10.0. The number of hydrogen-bond acceptors (Lipinski definition) is 5. The lowest BCUT2D eigenvalue weighted by Crippen LogP contribution is -2.33. The van der Waals surface area contributed by atoms with E-state index in [2.05, 4.69) is 0 Å². The average molecular weight is 342 g/mol. The second-order valence-electron chi connectivity index (χ2n) is 5.69. The SMILES string of the molecule is CC(C)(Cc1ccc(S(C)(=O)=O)cc1Cl)C(=O)C(C#N)C=O. The van der Waals surface area contributed by atoms with Crippen molar-refractivity contribution in [3.63, 3.8) is 0 Å². The van der Waals surface area contributed by atoms with E-state index in [-0.39, 0.29) is 16.3 Å². The molecule has 0 spiro atoms. The van der Waals surface area contributed by atoms with Crippen LogP contribution in [0.4, 0.5) is 0 Å². The number of halogens is 1. The van der Waals surface area contributed by atoms with Gasteiger partial charge in [0.05, 0.1) is 11.0 Å². The van der Waals surface area contributed by atoms with Crippen molar-refractivity contribution in [2.75, 3.05) is 6.26 Å². The Hall–Kier alpha value is -1.71. The Kier molecular flexibility index (Phi) is 5.49. The molecule has 0 aliphatic carbocycles. The number of aldehydes is 1. The van der Waals surface area contributed by atoms with Crippen molar-refractivity contribution in [3.05, 3.63) is 28.8 Å². The number of nitrogens with zero attached hydrogens (tertiary/aromatic N) is 1. The van der Waals surface area contributed by atoms with Gasteiger partial charge in [-0.25, -0.2) is 8.42 Å². The minimum absolute atomic E-state index is 0.0909. The highest BCUT2D eigenvalue weighted by atomic mass is 35.5. The van der Waals surface area contributed by atoms with Gasteiger partial charge in [-0.2, -0.15) is 5.26 Å². The van der Waals surface area contributed by atoms with Crippen LogP contribution in [-0.4, -0.2) is 26.7 Å². The molecule has 0 heterocycles. The van der Waals surface area contributed by atoms with Crippen LogP contribution < -0.4 is 0 Å². The van der Waals surface area contributed by atoms with Gasteiger partial charge in [-0.1, -0.05) is 31.5 Å². The molecule has 1 rings (SSSR count). The van der Waals surface area contributed by atoms with E-state index in [0.29, 0.717) is 11.8 Å². The van der Waals surface area contributed by atoms with Crippen LogP contribution in [0.2, 0.25) is 5.02 Å². The minimum atomic E-state index is -3.36. The predicted octanol–water partition coefficient (Wildman–Crippen LogP) is 2.22. The van der Waals surface area contributed by atoms with Crippen LogP contribution in [0.15, 0.2) is 23.1 Å². The van der Waals surface area contributed by atoms with E-state index in [1.165, 1.54) is 18.2 Å². The van der Waals surface area contributed by atoms with Gasteiger partial charge in [0.25, 0.3) is 0 Å². The number of nitriles is 1. The summed E-state index contributed by atoms with van der Waals surface area (Å²) in [7, 11) is -3.36. The van der Waals surface area contributed by atoms with Crippen LogP contribution >= 0.6 is 11.6 Å². The zero-order valence-electron chi connectivity index (χ0n) is 12.5. The molecule has 7 heteroatoms. The lowest BCUT2D eigenvalue weighted by Gasteiger charge is -2.24. The second-order valence-corrected chi connectivity index (χ2v) is 8.12. The molecule has 0 aliphatic heterocycles. The zero-order chi connectivity index (χ0) is 17.1. The third-order valence-corrected chi connectivity index (χ3v) is 4.77. The number of carbonyl (C=O) groups is 2. The highest BCUT2D eigenvalue weighted by molar-refractivity contribution is 7.90. The molecule has 0 N–H and O–H groups in total. The maximum absolute atomic E-state index is 12.2. The van der Waals surface area contributed by atoms with Gasteiger partial charge in [-0.05, 0) is 24.1 Å². The van der Waals surface area contributed by atoms with Crippen LogP contribution in [0.25, 0.3) is 0 Å². The largest absolute Gasteiger partial charge is 0.301 e. The molecule has 0 amide bonds. The predicted molar refractivity (Wildman–Crippen MR) is 82.2 cm³/mol. The van der Waals surface area contributed by atoms with Crippen molar-refractivity contribution in [2.24, 2.45) is 11.3 Å². The van der Waals surface area contributed by atoms with Gasteiger partial charge >= 0.3 is 0 Å². The van der Waals surface area contributed by atoms with Gasteiger partial charge in [0.2, 0.25) is 0 Å². The zero-order valence-corrected chi connectivity index (χ0v) is 14.0. The maximum atomic E-state index is 12.2. The summed E-state index contributed by atoms with van der Waals surface area (Å²) in [6.45, 7) is 3.23. The fourth-order valence-electron chi connectivity index (χ4n) is 2.04. The number of ketones is 1. The lowest BCUT2D eigenvalue weighted by molar-refractivity contribution is -0.132. The molecular weight excluding hydrogens is 326 g/mol. The quantitative estimate of drug-likeness (QED) is 0.584. The van der Waals surface area contributed by atoms with Crippen molar-refractivity contribution in [3.8, 4) is 6.07 Å². The average Bonchev–Trinajstić information content (AvgIpc) is 2.41. The van der Waals surface area contributed by atoms with Gasteiger partial charge < -0.3 is 4.79 Å². The molecular formula is C15H16ClNO4S. The summed E-state index contributed by atoms with van der Waals surface area (Å²) < 4.78 is 22.9. The second kappa shape index (κ2) is 6.59. The van der Waals surface area contributed by atoms with Crippen molar-refractivity contribution in [1.82, 2.24) is 0 Å². The third kappa shape index (κ3) is 4.15. The number of sulfone groups is 1. The highest BCUT2D eigenvalue weighted by Crippen LogP contribution is 2.30. The number of carbonyl (C=O) groups excluding carboxylic acids is 2. The van der Waals surface area contributed by atoms with Crippen molar-refractivity contribution < 1.29 is 18.0 Å². The molecule has 22 heavy (non-hydrogen) atoms. The standard InChI is InChI=1S/C15H16ClNO4S/c1-15(2,14(19)11(8-17)9-18)7-10-4-5-12(6-13(10)16)22(3,20)21/h4-6,9,11H,7H2,1-3H3. The smallest absolute Gasteiger partial charge is 0.175 e. The highest BCUT2D eigenvalue weighted by Gasteiger charge is 2.34. The van der Waals surface area contributed by atoms with Gasteiger partial charge in [0, 0.05) is 16.7 Å². The molecule has 0 bridgehead atoms. The minimum Gasteiger partial charge on any atom is -0.301 e. The van der Waals surface area contributed by atoms with Crippen LogP contribution in [0, 0.1) is 22.7 Å². The number of hydrogen-bond donors (Lipinski definition) is 0. The summed E-state index contributed by atoms with van der Waals surface area (Å²) in [5, 5.41) is 9.04. The fraction of sp³-hybridized carbons (Fsp3) is 0.400. The Morgan fingerprint density at radius 1 is 1.45 bits per heavy atom. The Bertz CT molecular complexity index is 747. The Morgan fingerprint density at radius 2 is 2.05 bits per heavy atom. The molecule has 0 aliphatic rings. The number of rotatable bonds is 6. The molecule has 0 aromatic heterocycles. The van der Waals surface area contributed by atoms with Gasteiger partial charge in [-0.3, -0.25) is 4.79 Å². The van der Waals surface area contributed by atoms with Crippen LogP contribution in [0.3, 0.4) is 0 Å². The van der Waals surface area contributed by atoms with Crippen LogP contribution in [0.1, 0.15) is 19.4 Å². The summed E-state index contributed by atoms with van der Waals surface area (Å²) in [6, 6.07) is 5.94. The molecule has 118 valence electrons. The number of benzene rings is 1. The summed E-state index contributed by atoms with van der Waals surface area (Å²) in [6.07, 6.45) is 1.59. The van der Waals surface area contributed by atoms with Gasteiger partial charge in [-0.15, -0.1) is 0 Å². The normalized spacial score (nSPS) is 13.2. The monoisotopic (exact) mass is 341 g/mol. The molecule has 1 aromatic rings. The van der Waals surface area contributed by atoms with E-state index in [0.717, 1.165) is 6.26 Å². The third-order valence-electron chi connectivity index (χ3n) is 3.31. The summed E-state index contributed by atoms with van der Waals surface area (Å²) in [5.74, 6) is -1.81. The first-order valence-corrected chi connectivity index (χ1v) is 8.67. The van der Waals surface area contributed by atoms with Crippen LogP contribution in [0.5, 0.6) is 0 Å². The molecule has 1 unspecified atom stereocenters. The molecule has 1 atom stereocenters. The summed E-state index contributed by atoms with van der Waals surface area (Å²) >= 11 is 6.08. The number of Topliss-reactive ketones (excluding diaryl/α,β-unsaturated/α-hetero) is 1. The van der Waals surface area contributed by atoms with E-state index in [1.807, 2.05) is 0 Å². The fourth-order valence-corrected chi connectivity index (χ4v) is 3.00. The maximum Gasteiger partial charge on any atom is 0.175 e. The topological polar surface area (TPSA) is 92.1 Å². The molecule has 0 radical (unpaired) electrons.